The number of rotatable bonds is 4. The first kappa shape index (κ1) is 15.1. The first-order chi connectivity index (χ1) is 10.0. The van der Waals surface area contributed by atoms with Crippen molar-refractivity contribution in [2.45, 2.75) is 27.7 Å². The van der Waals surface area contributed by atoms with Crippen LogP contribution in [0.4, 0.5) is 10.5 Å². The molecule has 21 heavy (non-hydrogen) atoms. The van der Waals surface area contributed by atoms with E-state index in [4.69, 9.17) is 0 Å². The van der Waals surface area contributed by atoms with Crippen molar-refractivity contribution in [2.75, 3.05) is 18.4 Å². The molecule has 2 rings (SSSR count). The number of carbonyl (C=O) groups is 1. The highest BCUT2D eigenvalue weighted by atomic mass is 16.2. The molecule has 2 amide bonds. The van der Waals surface area contributed by atoms with Gasteiger partial charge in [0, 0.05) is 24.5 Å². The Morgan fingerprint density at radius 3 is 2.52 bits per heavy atom. The van der Waals surface area contributed by atoms with Gasteiger partial charge in [0.05, 0.1) is 11.4 Å². The first-order valence-electron chi connectivity index (χ1n) is 7.24. The predicted octanol–water partition coefficient (Wildman–Crippen LogP) is 3.36. The minimum absolute atomic E-state index is 0.0782. The summed E-state index contributed by atoms with van der Waals surface area (Å²) >= 11 is 0. The van der Waals surface area contributed by atoms with Crippen LogP contribution in [0.5, 0.6) is 0 Å². The number of anilines is 1. The molecular formula is C16H22N4O. The number of amides is 2. The molecule has 0 unspecified atom stereocenters. The van der Waals surface area contributed by atoms with Gasteiger partial charge in [-0.3, -0.25) is 0 Å². The third-order valence-corrected chi connectivity index (χ3v) is 3.40. The maximum Gasteiger partial charge on any atom is 0.321 e. The third kappa shape index (κ3) is 3.42. The van der Waals surface area contributed by atoms with Crippen molar-refractivity contribution in [3.8, 4) is 5.69 Å². The van der Waals surface area contributed by atoms with Crippen molar-refractivity contribution in [2.24, 2.45) is 0 Å². The Hall–Kier alpha value is -2.30. The van der Waals surface area contributed by atoms with Crippen molar-refractivity contribution < 1.29 is 4.79 Å². The smallest absolute Gasteiger partial charge is 0.321 e. The van der Waals surface area contributed by atoms with Crippen LogP contribution in [0.1, 0.15) is 25.2 Å². The summed E-state index contributed by atoms with van der Waals surface area (Å²) in [4.78, 5) is 13.8. The van der Waals surface area contributed by atoms with Gasteiger partial charge in [-0.1, -0.05) is 6.07 Å². The Labute approximate surface area is 125 Å². The zero-order valence-corrected chi connectivity index (χ0v) is 13.1. The molecule has 0 aliphatic carbocycles. The molecule has 0 fully saturated rings. The predicted molar refractivity (Wildman–Crippen MR) is 85.0 cm³/mol. The number of carbonyl (C=O) groups excluding carboxylic acids is 1. The number of hydrogen-bond donors (Lipinski definition) is 1. The van der Waals surface area contributed by atoms with Gasteiger partial charge in [-0.2, -0.15) is 5.10 Å². The van der Waals surface area contributed by atoms with E-state index in [1.165, 1.54) is 0 Å². The van der Waals surface area contributed by atoms with Gasteiger partial charge in [0.2, 0.25) is 0 Å². The highest BCUT2D eigenvalue weighted by Gasteiger charge is 2.10. The molecule has 0 saturated carbocycles. The zero-order chi connectivity index (χ0) is 15.4. The summed E-state index contributed by atoms with van der Waals surface area (Å²) in [5.74, 6) is 0. The number of nitrogens with one attached hydrogen (secondary N) is 1. The molecule has 0 aliphatic rings. The minimum atomic E-state index is -0.0782. The maximum absolute atomic E-state index is 12.1. The molecule has 0 radical (unpaired) electrons. The highest BCUT2D eigenvalue weighted by Crippen LogP contribution is 2.17. The van der Waals surface area contributed by atoms with Gasteiger partial charge in [-0.25, -0.2) is 9.48 Å². The van der Waals surface area contributed by atoms with Crippen molar-refractivity contribution >= 4 is 11.7 Å². The lowest BCUT2D eigenvalue weighted by Gasteiger charge is -2.19. The van der Waals surface area contributed by atoms with Crippen LogP contribution in [0, 0.1) is 13.8 Å². The molecule has 2 aromatic rings. The summed E-state index contributed by atoms with van der Waals surface area (Å²) in [5.41, 5.74) is 3.76. The van der Waals surface area contributed by atoms with Gasteiger partial charge in [-0.05, 0) is 52.0 Å². The molecule has 0 atom stereocenters. The Balaban J connectivity index is 2.22. The maximum atomic E-state index is 12.1. The Kier molecular flexibility index (Phi) is 4.62. The fourth-order valence-electron chi connectivity index (χ4n) is 2.32. The van der Waals surface area contributed by atoms with E-state index in [1.807, 2.05) is 62.7 Å². The summed E-state index contributed by atoms with van der Waals surface area (Å²) < 4.78 is 1.88. The number of benzene rings is 1. The van der Waals surface area contributed by atoms with Crippen molar-refractivity contribution in [3.63, 3.8) is 0 Å². The lowest BCUT2D eigenvalue weighted by molar-refractivity contribution is 0.217. The Morgan fingerprint density at radius 2 is 1.95 bits per heavy atom. The van der Waals surface area contributed by atoms with E-state index in [1.54, 1.807) is 4.90 Å². The van der Waals surface area contributed by atoms with E-state index in [0.29, 0.717) is 13.1 Å². The van der Waals surface area contributed by atoms with Crippen molar-refractivity contribution in [3.05, 3.63) is 41.7 Å². The van der Waals surface area contributed by atoms with Crippen LogP contribution < -0.4 is 5.32 Å². The van der Waals surface area contributed by atoms with Gasteiger partial charge < -0.3 is 10.2 Å². The summed E-state index contributed by atoms with van der Waals surface area (Å²) in [6.45, 7) is 9.31. The topological polar surface area (TPSA) is 50.2 Å². The quantitative estimate of drug-likeness (QED) is 0.937. The minimum Gasteiger partial charge on any atom is -0.325 e. The average Bonchev–Trinajstić information content (AvgIpc) is 2.79. The standard InChI is InChI=1S/C16H22N4O/c1-5-19(6-2)16(21)17-14-8-7-9-15(11-14)20-13(4)10-12(3)18-20/h7-11H,5-6H2,1-4H3,(H,17,21). The average molecular weight is 286 g/mol. The molecule has 112 valence electrons. The van der Waals surface area contributed by atoms with Crippen LogP contribution >= 0.6 is 0 Å². The van der Waals surface area contributed by atoms with Gasteiger partial charge in [0.1, 0.15) is 0 Å². The lowest BCUT2D eigenvalue weighted by atomic mass is 10.2. The van der Waals surface area contributed by atoms with Crippen LogP contribution in [0.3, 0.4) is 0 Å². The van der Waals surface area contributed by atoms with E-state index >= 15 is 0 Å². The monoisotopic (exact) mass is 286 g/mol. The highest BCUT2D eigenvalue weighted by molar-refractivity contribution is 5.89. The fraction of sp³-hybridized carbons (Fsp3) is 0.375. The van der Waals surface area contributed by atoms with E-state index in [2.05, 4.69) is 10.4 Å². The Bertz CT molecular complexity index is 629. The second-order valence-corrected chi connectivity index (χ2v) is 4.99. The van der Waals surface area contributed by atoms with E-state index in [-0.39, 0.29) is 6.03 Å². The molecule has 1 heterocycles. The molecule has 0 aliphatic heterocycles. The number of aryl methyl sites for hydroxylation is 2. The zero-order valence-electron chi connectivity index (χ0n) is 13.1. The SMILES string of the molecule is CCN(CC)C(=O)Nc1cccc(-n2nc(C)cc2C)c1. The molecule has 1 aromatic heterocycles. The number of urea groups is 1. The number of nitrogens with zero attached hydrogens (tertiary/aromatic N) is 3. The second kappa shape index (κ2) is 6.43. The normalized spacial score (nSPS) is 10.5. The molecule has 0 spiro atoms. The largest absolute Gasteiger partial charge is 0.325 e. The Morgan fingerprint density at radius 1 is 1.24 bits per heavy atom. The molecule has 0 saturated heterocycles. The summed E-state index contributed by atoms with van der Waals surface area (Å²) in [5, 5.41) is 7.39. The molecule has 0 bridgehead atoms. The number of hydrogen-bond acceptors (Lipinski definition) is 2. The molecular weight excluding hydrogens is 264 g/mol. The van der Waals surface area contributed by atoms with Crippen molar-refractivity contribution in [1.29, 1.82) is 0 Å². The summed E-state index contributed by atoms with van der Waals surface area (Å²) in [7, 11) is 0. The van der Waals surface area contributed by atoms with E-state index in [0.717, 1.165) is 22.8 Å². The van der Waals surface area contributed by atoms with Crippen LogP contribution in [0.2, 0.25) is 0 Å². The molecule has 1 aromatic carbocycles. The van der Waals surface area contributed by atoms with Gasteiger partial charge in [0.15, 0.2) is 0 Å². The van der Waals surface area contributed by atoms with E-state index < -0.39 is 0 Å². The molecule has 5 nitrogen and oxygen atoms in total. The van der Waals surface area contributed by atoms with Gasteiger partial charge in [-0.15, -0.1) is 0 Å². The van der Waals surface area contributed by atoms with Crippen LogP contribution in [-0.2, 0) is 0 Å². The summed E-state index contributed by atoms with van der Waals surface area (Å²) in [6, 6.07) is 9.67. The van der Waals surface area contributed by atoms with Crippen LogP contribution in [-0.4, -0.2) is 33.8 Å². The van der Waals surface area contributed by atoms with Crippen LogP contribution in [0.25, 0.3) is 5.69 Å². The number of aromatic nitrogens is 2. The van der Waals surface area contributed by atoms with Gasteiger partial charge in [0.25, 0.3) is 0 Å². The fourth-order valence-corrected chi connectivity index (χ4v) is 2.32. The van der Waals surface area contributed by atoms with Gasteiger partial charge >= 0.3 is 6.03 Å². The molecule has 1 N–H and O–H groups in total. The second-order valence-electron chi connectivity index (χ2n) is 4.99. The van der Waals surface area contributed by atoms with Crippen LogP contribution in [0.15, 0.2) is 30.3 Å². The summed E-state index contributed by atoms with van der Waals surface area (Å²) in [6.07, 6.45) is 0. The first-order valence-corrected chi connectivity index (χ1v) is 7.24. The third-order valence-electron chi connectivity index (χ3n) is 3.40. The lowest BCUT2D eigenvalue weighted by Crippen LogP contribution is -2.34. The van der Waals surface area contributed by atoms with Crippen molar-refractivity contribution in [1.82, 2.24) is 14.7 Å². The molecule has 5 heteroatoms. The van der Waals surface area contributed by atoms with E-state index in [9.17, 15) is 4.79 Å².